The van der Waals surface area contributed by atoms with Gasteiger partial charge in [-0.3, -0.25) is 9.59 Å². The van der Waals surface area contributed by atoms with Crippen LogP contribution in [0.5, 0.6) is 11.5 Å². The number of rotatable bonds is 8. The van der Waals surface area contributed by atoms with Gasteiger partial charge in [-0.15, -0.1) is 0 Å². The lowest BCUT2D eigenvalue weighted by molar-refractivity contribution is -0.136. The van der Waals surface area contributed by atoms with Crippen LogP contribution in [0.25, 0.3) is 0 Å². The Balaban J connectivity index is 1.88. The number of carboxylic acid groups (broad SMARTS) is 1. The zero-order valence-corrected chi connectivity index (χ0v) is 14.2. The van der Waals surface area contributed by atoms with Gasteiger partial charge < -0.3 is 19.9 Å². The van der Waals surface area contributed by atoms with Crippen molar-refractivity contribution in [1.29, 1.82) is 0 Å². The number of nitrogens with one attached hydrogen (secondary N) is 1. The highest BCUT2D eigenvalue weighted by molar-refractivity contribution is 5.80. The fourth-order valence-electron chi connectivity index (χ4n) is 2.29. The van der Waals surface area contributed by atoms with Crippen LogP contribution in [0, 0.1) is 0 Å². The van der Waals surface area contributed by atoms with E-state index in [-0.39, 0.29) is 12.3 Å². The van der Waals surface area contributed by atoms with E-state index in [9.17, 15) is 9.59 Å². The van der Waals surface area contributed by atoms with Crippen LogP contribution in [0.3, 0.4) is 0 Å². The number of benzene rings is 2. The van der Waals surface area contributed by atoms with Crippen LogP contribution >= 0.6 is 0 Å². The highest BCUT2D eigenvalue weighted by atomic mass is 16.5. The fourth-order valence-corrected chi connectivity index (χ4v) is 2.29. The maximum atomic E-state index is 12.2. The van der Waals surface area contributed by atoms with Crippen molar-refractivity contribution in [2.24, 2.45) is 0 Å². The molecule has 25 heavy (non-hydrogen) atoms. The molecule has 132 valence electrons. The average molecular weight is 343 g/mol. The molecule has 0 aliphatic rings. The van der Waals surface area contributed by atoms with Gasteiger partial charge in [-0.25, -0.2) is 0 Å². The molecule has 6 heteroatoms. The maximum absolute atomic E-state index is 12.2. The molecule has 0 heterocycles. The highest BCUT2D eigenvalue weighted by Gasteiger charge is 2.15. The van der Waals surface area contributed by atoms with Crippen LogP contribution in [0.15, 0.2) is 48.5 Å². The van der Waals surface area contributed by atoms with Crippen LogP contribution in [0.1, 0.15) is 18.1 Å². The number of carboxylic acids is 1. The number of hydrogen-bond donors (Lipinski definition) is 2. The average Bonchev–Trinajstić information content (AvgIpc) is 2.61. The van der Waals surface area contributed by atoms with Crippen LogP contribution in [-0.2, 0) is 22.6 Å². The molecule has 0 aromatic heterocycles. The number of para-hydroxylation sites is 1. The molecule has 1 atom stereocenters. The van der Waals surface area contributed by atoms with E-state index in [0.29, 0.717) is 23.6 Å². The molecule has 6 nitrogen and oxygen atoms in total. The third kappa shape index (κ3) is 5.53. The van der Waals surface area contributed by atoms with Gasteiger partial charge in [-0.1, -0.05) is 30.3 Å². The normalized spacial score (nSPS) is 11.4. The van der Waals surface area contributed by atoms with E-state index in [1.807, 2.05) is 24.3 Å². The molecule has 0 fully saturated rings. The summed E-state index contributed by atoms with van der Waals surface area (Å²) in [7, 11) is 1.58. The first kappa shape index (κ1) is 18.3. The summed E-state index contributed by atoms with van der Waals surface area (Å²) in [4.78, 5) is 22.8. The molecule has 2 N–H and O–H groups in total. The first-order valence-corrected chi connectivity index (χ1v) is 7.86. The molecular weight excluding hydrogens is 322 g/mol. The van der Waals surface area contributed by atoms with E-state index >= 15 is 0 Å². The Morgan fingerprint density at radius 3 is 2.44 bits per heavy atom. The number of methoxy groups -OCH3 is 1. The molecule has 2 aromatic carbocycles. The van der Waals surface area contributed by atoms with Gasteiger partial charge in [0, 0.05) is 12.1 Å². The molecule has 0 saturated heterocycles. The summed E-state index contributed by atoms with van der Waals surface area (Å²) in [5.74, 6) is 0.0812. The van der Waals surface area contributed by atoms with Crippen LogP contribution in [0.2, 0.25) is 0 Å². The standard InChI is InChI=1S/C19H21NO5/c1-13(25-16-9-7-14(8-10-16)11-18(21)22)19(23)20-12-15-5-3-4-6-17(15)24-2/h3-10,13H,11-12H2,1-2H3,(H,20,23)(H,21,22)/t13-/m0/s1. The first-order valence-electron chi connectivity index (χ1n) is 7.86. The summed E-state index contributed by atoms with van der Waals surface area (Å²) in [5.41, 5.74) is 1.55. The van der Waals surface area contributed by atoms with Gasteiger partial charge in [0.25, 0.3) is 5.91 Å². The van der Waals surface area contributed by atoms with Gasteiger partial charge in [0.05, 0.1) is 13.5 Å². The highest BCUT2D eigenvalue weighted by Crippen LogP contribution is 2.17. The molecule has 2 rings (SSSR count). The monoisotopic (exact) mass is 343 g/mol. The SMILES string of the molecule is COc1ccccc1CNC(=O)[C@H](C)Oc1ccc(CC(=O)O)cc1. The molecule has 0 unspecified atom stereocenters. The minimum atomic E-state index is -0.891. The molecule has 0 bridgehead atoms. The van der Waals surface area contributed by atoms with Gasteiger partial charge in [0.1, 0.15) is 11.5 Å². The molecule has 0 saturated carbocycles. The molecule has 0 aliphatic carbocycles. The molecule has 1 amide bonds. The van der Waals surface area contributed by atoms with E-state index in [0.717, 1.165) is 5.56 Å². The molecule has 2 aromatic rings. The van der Waals surface area contributed by atoms with E-state index in [2.05, 4.69) is 5.32 Å². The van der Waals surface area contributed by atoms with Gasteiger partial charge in [-0.05, 0) is 30.7 Å². The number of amides is 1. The smallest absolute Gasteiger partial charge is 0.307 e. The van der Waals surface area contributed by atoms with E-state index < -0.39 is 12.1 Å². The second-order valence-electron chi connectivity index (χ2n) is 5.50. The Kier molecular flexibility index (Phi) is 6.39. The Labute approximate surface area is 146 Å². The lowest BCUT2D eigenvalue weighted by Crippen LogP contribution is -2.35. The molecule has 0 aliphatic heterocycles. The van der Waals surface area contributed by atoms with E-state index in [1.54, 1.807) is 38.3 Å². The van der Waals surface area contributed by atoms with Crippen molar-refractivity contribution in [3.8, 4) is 11.5 Å². The minimum absolute atomic E-state index is 0.0464. The van der Waals surface area contributed by atoms with Gasteiger partial charge in [0.2, 0.25) is 0 Å². The zero-order chi connectivity index (χ0) is 18.2. The number of hydrogen-bond acceptors (Lipinski definition) is 4. The summed E-state index contributed by atoms with van der Waals surface area (Å²) in [6.07, 6.45) is -0.727. The third-order valence-electron chi connectivity index (χ3n) is 3.61. The van der Waals surface area contributed by atoms with Crippen molar-refractivity contribution >= 4 is 11.9 Å². The van der Waals surface area contributed by atoms with Gasteiger partial charge in [0.15, 0.2) is 6.10 Å². The van der Waals surface area contributed by atoms with Gasteiger partial charge in [-0.2, -0.15) is 0 Å². The number of carbonyl (C=O) groups excluding carboxylic acids is 1. The zero-order valence-electron chi connectivity index (χ0n) is 14.2. The predicted octanol–water partition coefficient (Wildman–Crippen LogP) is 2.41. The Hall–Kier alpha value is -3.02. The summed E-state index contributed by atoms with van der Waals surface area (Å²) in [6.45, 7) is 2.00. The number of aliphatic carboxylic acids is 1. The third-order valence-corrected chi connectivity index (χ3v) is 3.61. The van der Waals surface area contributed by atoms with Crippen LogP contribution in [-0.4, -0.2) is 30.2 Å². The lowest BCUT2D eigenvalue weighted by atomic mass is 10.1. The Bertz CT molecular complexity index is 727. The summed E-state index contributed by atoms with van der Waals surface area (Å²) >= 11 is 0. The van der Waals surface area contributed by atoms with E-state index in [4.69, 9.17) is 14.6 Å². The van der Waals surface area contributed by atoms with Gasteiger partial charge >= 0.3 is 5.97 Å². The summed E-state index contributed by atoms with van der Waals surface area (Å²) in [5, 5.41) is 11.6. The first-order chi connectivity index (χ1) is 12.0. The second-order valence-corrected chi connectivity index (χ2v) is 5.50. The molecule has 0 spiro atoms. The predicted molar refractivity (Wildman–Crippen MR) is 92.7 cm³/mol. The van der Waals surface area contributed by atoms with Crippen LogP contribution < -0.4 is 14.8 Å². The van der Waals surface area contributed by atoms with Crippen molar-refractivity contribution in [2.75, 3.05) is 7.11 Å². The number of ether oxygens (including phenoxy) is 2. The molecule has 0 radical (unpaired) electrons. The van der Waals surface area contributed by atoms with E-state index in [1.165, 1.54) is 0 Å². The van der Waals surface area contributed by atoms with Crippen LogP contribution in [0.4, 0.5) is 0 Å². The van der Waals surface area contributed by atoms with Crippen molar-refractivity contribution in [1.82, 2.24) is 5.32 Å². The Morgan fingerprint density at radius 2 is 1.80 bits per heavy atom. The fraction of sp³-hybridized carbons (Fsp3) is 0.263. The minimum Gasteiger partial charge on any atom is -0.496 e. The van der Waals surface area contributed by atoms with Crippen molar-refractivity contribution in [2.45, 2.75) is 26.0 Å². The largest absolute Gasteiger partial charge is 0.496 e. The second kappa shape index (κ2) is 8.73. The number of carbonyl (C=O) groups is 2. The van der Waals surface area contributed by atoms with Crippen molar-refractivity contribution in [3.05, 3.63) is 59.7 Å². The maximum Gasteiger partial charge on any atom is 0.307 e. The Morgan fingerprint density at radius 1 is 1.12 bits per heavy atom. The van der Waals surface area contributed by atoms with Crippen molar-refractivity contribution in [3.63, 3.8) is 0 Å². The topological polar surface area (TPSA) is 84.9 Å². The quantitative estimate of drug-likeness (QED) is 0.769. The molecular formula is C19H21NO5. The lowest BCUT2D eigenvalue weighted by Gasteiger charge is -2.16. The summed E-state index contributed by atoms with van der Waals surface area (Å²) in [6, 6.07) is 14.1. The summed E-state index contributed by atoms with van der Waals surface area (Å²) < 4.78 is 10.8. The van der Waals surface area contributed by atoms with Crippen molar-refractivity contribution < 1.29 is 24.2 Å².